The van der Waals surface area contributed by atoms with Crippen molar-refractivity contribution in [1.82, 2.24) is 29.7 Å². The minimum absolute atomic E-state index is 0.303. The van der Waals surface area contributed by atoms with Gasteiger partial charge in [-0.1, -0.05) is 0 Å². The normalized spacial score (nSPS) is 10.6. The van der Waals surface area contributed by atoms with Gasteiger partial charge >= 0.3 is 5.97 Å². The smallest absolute Gasteiger partial charge is 0.325 e. The highest BCUT2D eigenvalue weighted by molar-refractivity contribution is 5.68. The van der Waals surface area contributed by atoms with Gasteiger partial charge in [-0.25, -0.2) is 14.6 Å². The van der Waals surface area contributed by atoms with Crippen LogP contribution in [0, 0.1) is 6.92 Å². The highest BCUT2D eigenvalue weighted by Crippen LogP contribution is 2.20. The summed E-state index contributed by atoms with van der Waals surface area (Å²) in [6.45, 7) is 1.52. The molecule has 0 aliphatic heterocycles. The fourth-order valence-electron chi connectivity index (χ4n) is 1.90. The lowest BCUT2D eigenvalue weighted by Gasteiger charge is -2.01. The number of hydrogen-bond acceptors (Lipinski definition) is 6. The Morgan fingerprint density at radius 1 is 1.23 bits per heavy atom. The second-order valence-corrected chi connectivity index (χ2v) is 4.59. The third-order valence-electron chi connectivity index (χ3n) is 2.91. The van der Waals surface area contributed by atoms with Crippen LogP contribution in [0.25, 0.3) is 22.9 Å². The molecule has 0 radical (unpaired) electrons. The van der Waals surface area contributed by atoms with Crippen LogP contribution in [0.15, 0.2) is 36.9 Å². The summed E-state index contributed by atoms with van der Waals surface area (Å²) in [6.07, 6.45) is 6.40. The number of aryl methyl sites for hydroxylation is 1. The molecular weight excluding hydrogens is 284 g/mol. The molecule has 0 spiro atoms. The molecule has 0 aromatic carbocycles. The number of aromatic nitrogens is 6. The molecule has 8 nitrogen and oxygen atoms in total. The summed E-state index contributed by atoms with van der Waals surface area (Å²) in [5.41, 5.74) is 1.99. The van der Waals surface area contributed by atoms with E-state index < -0.39 is 5.97 Å². The summed E-state index contributed by atoms with van der Waals surface area (Å²) < 4.78 is 1.30. The molecule has 0 aliphatic rings. The molecule has 3 heterocycles. The molecule has 1 N–H and O–H groups in total. The predicted molar refractivity (Wildman–Crippen MR) is 76.7 cm³/mol. The average Bonchev–Trinajstić information content (AvgIpc) is 2.92. The van der Waals surface area contributed by atoms with Gasteiger partial charge in [-0.3, -0.25) is 14.8 Å². The maximum atomic E-state index is 11.0. The van der Waals surface area contributed by atoms with Crippen LogP contribution in [0.4, 0.5) is 0 Å². The maximum absolute atomic E-state index is 11.0. The fourth-order valence-corrected chi connectivity index (χ4v) is 1.90. The summed E-state index contributed by atoms with van der Waals surface area (Å²) in [6, 6.07) is 3.51. The molecule has 0 amide bonds. The van der Waals surface area contributed by atoms with Gasteiger partial charge in [0.05, 0.1) is 11.9 Å². The van der Waals surface area contributed by atoms with E-state index in [0.717, 1.165) is 11.3 Å². The highest BCUT2D eigenvalue weighted by Gasteiger charge is 2.16. The Hall–Kier alpha value is -3.16. The van der Waals surface area contributed by atoms with E-state index in [-0.39, 0.29) is 6.54 Å². The number of carbonyl (C=O) groups is 1. The minimum atomic E-state index is -1.01. The third-order valence-corrected chi connectivity index (χ3v) is 2.91. The quantitative estimate of drug-likeness (QED) is 0.770. The van der Waals surface area contributed by atoms with E-state index >= 15 is 0 Å². The van der Waals surface area contributed by atoms with Crippen molar-refractivity contribution in [2.75, 3.05) is 0 Å². The summed E-state index contributed by atoms with van der Waals surface area (Å²) in [7, 11) is 0. The standard InChI is InChI=1S/C14H12N6O2/c1-9-6-17-11(7-16-9)14-18-13(10-2-4-15-5-3-10)19-20(14)8-12(21)22/h2-7H,8H2,1H3,(H,21,22). The van der Waals surface area contributed by atoms with Crippen LogP contribution in [-0.2, 0) is 11.3 Å². The van der Waals surface area contributed by atoms with Gasteiger partial charge < -0.3 is 5.11 Å². The van der Waals surface area contributed by atoms with Crippen LogP contribution in [0.5, 0.6) is 0 Å². The number of nitrogens with zero attached hydrogens (tertiary/aromatic N) is 6. The zero-order valence-electron chi connectivity index (χ0n) is 11.7. The van der Waals surface area contributed by atoms with Gasteiger partial charge in [0.2, 0.25) is 0 Å². The molecule has 0 bridgehead atoms. The van der Waals surface area contributed by atoms with Crippen LogP contribution < -0.4 is 0 Å². The zero-order valence-corrected chi connectivity index (χ0v) is 11.7. The fraction of sp³-hybridized carbons (Fsp3) is 0.143. The van der Waals surface area contributed by atoms with E-state index in [0.29, 0.717) is 17.3 Å². The first-order valence-electron chi connectivity index (χ1n) is 6.49. The summed E-state index contributed by atoms with van der Waals surface area (Å²) >= 11 is 0. The number of carboxylic acids is 1. The van der Waals surface area contributed by atoms with Gasteiger partial charge in [-0.2, -0.15) is 0 Å². The van der Waals surface area contributed by atoms with Crippen LogP contribution in [0.3, 0.4) is 0 Å². The van der Waals surface area contributed by atoms with Crippen LogP contribution in [-0.4, -0.2) is 40.8 Å². The monoisotopic (exact) mass is 296 g/mol. The molecule has 0 aliphatic carbocycles. The Balaban J connectivity index is 2.09. The topological polar surface area (TPSA) is 107 Å². The minimum Gasteiger partial charge on any atom is -0.480 e. The van der Waals surface area contributed by atoms with Crippen molar-refractivity contribution in [3.63, 3.8) is 0 Å². The van der Waals surface area contributed by atoms with Crippen molar-refractivity contribution >= 4 is 5.97 Å². The first-order valence-corrected chi connectivity index (χ1v) is 6.49. The van der Waals surface area contributed by atoms with Gasteiger partial charge in [0.1, 0.15) is 12.2 Å². The van der Waals surface area contributed by atoms with Crippen molar-refractivity contribution in [2.24, 2.45) is 0 Å². The van der Waals surface area contributed by atoms with Crippen LogP contribution in [0.2, 0.25) is 0 Å². The van der Waals surface area contributed by atoms with E-state index in [4.69, 9.17) is 5.11 Å². The van der Waals surface area contributed by atoms with E-state index in [2.05, 4.69) is 25.0 Å². The molecule has 22 heavy (non-hydrogen) atoms. The summed E-state index contributed by atoms with van der Waals surface area (Å²) in [5.74, 6) is -0.227. The van der Waals surface area contributed by atoms with Crippen molar-refractivity contribution in [3.05, 3.63) is 42.6 Å². The molecule has 3 aromatic rings. The van der Waals surface area contributed by atoms with Gasteiger partial charge in [0, 0.05) is 24.2 Å². The number of aliphatic carboxylic acids is 1. The number of rotatable bonds is 4. The van der Waals surface area contributed by atoms with Gasteiger partial charge in [0.25, 0.3) is 0 Å². The molecule has 0 fully saturated rings. The first-order chi connectivity index (χ1) is 10.6. The molecular formula is C14H12N6O2. The lowest BCUT2D eigenvalue weighted by molar-refractivity contribution is -0.137. The van der Waals surface area contributed by atoms with Gasteiger partial charge in [-0.15, -0.1) is 5.10 Å². The molecule has 0 saturated carbocycles. The van der Waals surface area contributed by atoms with E-state index in [1.54, 1.807) is 36.9 Å². The molecule has 3 rings (SSSR count). The molecule has 0 atom stereocenters. The molecule has 0 unspecified atom stereocenters. The zero-order chi connectivity index (χ0) is 15.5. The van der Waals surface area contributed by atoms with Gasteiger partial charge in [-0.05, 0) is 19.1 Å². The van der Waals surface area contributed by atoms with Gasteiger partial charge in [0.15, 0.2) is 11.6 Å². The lowest BCUT2D eigenvalue weighted by Crippen LogP contribution is -2.12. The van der Waals surface area contributed by atoms with Crippen molar-refractivity contribution in [1.29, 1.82) is 0 Å². The molecule has 8 heteroatoms. The van der Waals surface area contributed by atoms with Crippen LogP contribution >= 0.6 is 0 Å². The van der Waals surface area contributed by atoms with E-state index in [1.807, 2.05) is 6.92 Å². The Bertz CT molecular complexity index is 798. The molecule has 0 saturated heterocycles. The largest absolute Gasteiger partial charge is 0.480 e. The summed E-state index contributed by atoms with van der Waals surface area (Å²) in [4.78, 5) is 27.7. The Kier molecular flexibility index (Phi) is 3.57. The van der Waals surface area contributed by atoms with Crippen molar-refractivity contribution < 1.29 is 9.90 Å². The van der Waals surface area contributed by atoms with E-state index in [9.17, 15) is 4.79 Å². The number of hydrogen-bond donors (Lipinski definition) is 1. The Morgan fingerprint density at radius 3 is 2.64 bits per heavy atom. The second kappa shape index (κ2) is 5.68. The van der Waals surface area contributed by atoms with Crippen molar-refractivity contribution in [2.45, 2.75) is 13.5 Å². The first kappa shape index (κ1) is 13.8. The van der Waals surface area contributed by atoms with E-state index in [1.165, 1.54) is 4.68 Å². The second-order valence-electron chi connectivity index (χ2n) is 4.59. The molecule has 110 valence electrons. The van der Waals surface area contributed by atoms with Crippen LogP contribution in [0.1, 0.15) is 5.69 Å². The Labute approximate surface area is 125 Å². The number of pyridine rings is 1. The lowest BCUT2D eigenvalue weighted by atomic mass is 10.2. The third kappa shape index (κ3) is 2.80. The SMILES string of the molecule is Cc1cnc(-c2nc(-c3ccncc3)nn2CC(=O)O)cn1. The predicted octanol–water partition coefficient (Wildman–Crippen LogP) is 1.19. The number of carboxylic acid groups (broad SMARTS) is 1. The molecule has 3 aromatic heterocycles. The summed E-state index contributed by atoms with van der Waals surface area (Å²) in [5, 5.41) is 13.3. The van der Waals surface area contributed by atoms with Crippen molar-refractivity contribution in [3.8, 4) is 22.9 Å². The maximum Gasteiger partial charge on any atom is 0.325 e. The highest BCUT2D eigenvalue weighted by atomic mass is 16.4. The Morgan fingerprint density at radius 2 is 2.00 bits per heavy atom. The average molecular weight is 296 g/mol.